The van der Waals surface area contributed by atoms with Gasteiger partial charge in [-0.05, 0) is 43.3 Å². The summed E-state index contributed by atoms with van der Waals surface area (Å²) in [5, 5.41) is 0.347. The zero-order valence-electron chi connectivity index (χ0n) is 11.4. The molecule has 0 saturated carbocycles. The molecule has 3 nitrogen and oxygen atoms in total. The summed E-state index contributed by atoms with van der Waals surface area (Å²) in [5.41, 5.74) is 3.78. The van der Waals surface area contributed by atoms with E-state index in [0.29, 0.717) is 10.9 Å². The Balaban J connectivity index is 0.00000161. The number of benzene rings is 2. The lowest BCUT2D eigenvalue weighted by atomic mass is 10.1. The molecule has 3 aromatic rings. The number of aromatic nitrogens is 2. The Hall–Kier alpha value is -1.46. The first-order chi connectivity index (χ1) is 9.70. The number of alkyl halides is 1. The second-order valence-corrected chi connectivity index (χ2v) is 5.15. The molecule has 1 heterocycles. The van der Waals surface area contributed by atoms with E-state index < -0.39 is 0 Å². The molecule has 3 rings (SSSR count). The quantitative estimate of drug-likeness (QED) is 0.471. The summed E-state index contributed by atoms with van der Waals surface area (Å²) in [4.78, 5) is 16.2. The van der Waals surface area contributed by atoms with E-state index in [1.807, 2.05) is 55.5 Å². The standard InChI is InChI=1S/C16H13BrN2O.BrH/c1-11-18-14-4-2-3-5-15(14)19(11)13-8-6-12(7-9-13)16(20)10-17;/h2-9H,10H2,1H3;1H. The molecular weight excluding hydrogens is 396 g/mol. The molecule has 1 aromatic heterocycles. The molecule has 0 spiro atoms. The summed E-state index contributed by atoms with van der Waals surface area (Å²) < 4.78 is 2.09. The lowest BCUT2D eigenvalue weighted by Gasteiger charge is -2.07. The highest BCUT2D eigenvalue weighted by Gasteiger charge is 2.09. The highest BCUT2D eigenvalue weighted by Crippen LogP contribution is 2.21. The van der Waals surface area contributed by atoms with Crippen LogP contribution < -0.4 is 0 Å². The number of ketones is 1. The number of para-hydroxylation sites is 2. The summed E-state index contributed by atoms with van der Waals surface area (Å²) in [6.45, 7) is 1.98. The molecule has 2 aromatic carbocycles. The van der Waals surface area contributed by atoms with Gasteiger partial charge in [0.1, 0.15) is 5.82 Å². The summed E-state index contributed by atoms with van der Waals surface area (Å²) >= 11 is 3.19. The zero-order chi connectivity index (χ0) is 14.1. The second kappa shape index (κ2) is 6.54. The molecule has 5 heteroatoms. The molecule has 0 amide bonds. The van der Waals surface area contributed by atoms with Crippen molar-refractivity contribution >= 4 is 49.7 Å². The monoisotopic (exact) mass is 408 g/mol. The Kier molecular flexibility index (Phi) is 4.96. The van der Waals surface area contributed by atoms with Crippen molar-refractivity contribution in [3.05, 3.63) is 59.9 Å². The van der Waals surface area contributed by atoms with Gasteiger partial charge in [-0.25, -0.2) is 4.98 Å². The van der Waals surface area contributed by atoms with Crippen LogP contribution in [-0.2, 0) is 0 Å². The number of nitrogens with zero attached hydrogens (tertiary/aromatic N) is 2. The van der Waals surface area contributed by atoms with Gasteiger partial charge in [-0.15, -0.1) is 17.0 Å². The molecule has 0 atom stereocenters. The van der Waals surface area contributed by atoms with Crippen LogP contribution in [0.5, 0.6) is 0 Å². The van der Waals surface area contributed by atoms with Crippen molar-refractivity contribution in [1.29, 1.82) is 0 Å². The predicted octanol–water partition coefficient (Wildman–Crippen LogP) is 4.49. The van der Waals surface area contributed by atoms with E-state index in [2.05, 4.69) is 25.5 Å². The Morgan fingerprint density at radius 2 is 1.81 bits per heavy atom. The van der Waals surface area contributed by atoms with Crippen molar-refractivity contribution in [3.63, 3.8) is 0 Å². The smallest absolute Gasteiger partial charge is 0.173 e. The first kappa shape index (κ1) is 15.9. The summed E-state index contributed by atoms with van der Waals surface area (Å²) in [6.07, 6.45) is 0. The number of halogens is 2. The van der Waals surface area contributed by atoms with Crippen molar-refractivity contribution in [2.45, 2.75) is 6.92 Å². The average molecular weight is 410 g/mol. The maximum atomic E-state index is 11.6. The summed E-state index contributed by atoms with van der Waals surface area (Å²) in [6, 6.07) is 15.7. The van der Waals surface area contributed by atoms with Crippen LogP contribution in [0, 0.1) is 6.92 Å². The first-order valence-electron chi connectivity index (χ1n) is 6.34. The first-order valence-corrected chi connectivity index (χ1v) is 7.46. The van der Waals surface area contributed by atoms with Crippen molar-refractivity contribution in [2.75, 3.05) is 5.33 Å². The Morgan fingerprint density at radius 3 is 2.48 bits per heavy atom. The molecular formula is C16H14Br2N2O. The Bertz CT molecular complexity index is 779. The fourth-order valence-electron chi connectivity index (χ4n) is 2.35. The lowest BCUT2D eigenvalue weighted by molar-refractivity contribution is 0.102. The Labute approximate surface area is 141 Å². The molecule has 108 valence electrons. The van der Waals surface area contributed by atoms with Gasteiger partial charge in [-0.3, -0.25) is 9.36 Å². The predicted molar refractivity (Wildman–Crippen MR) is 94.3 cm³/mol. The minimum absolute atomic E-state index is 0. The SMILES string of the molecule is Br.Cc1nc2ccccc2n1-c1ccc(C(=O)CBr)cc1. The fraction of sp³-hybridized carbons (Fsp3) is 0.125. The van der Waals surface area contributed by atoms with Gasteiger partial charge in [-0.2, -0.15) is 0 Å². The minimum Gasteiger partial charge on any atom is -0.297 e. The van der Waals surface area contributed by atoms with Crippen molar-refractivity contribution in [2.24, 2.45) is 0 Å². The third kappa shape index (κ3) is 2.94. The van der Waals surface area contributed by atoms with Crippen LogP contribution in [-0.4, -0.2) is 20.7 Å². The van der Waals surface area contributed by atoms with Gasteiger partial charge in [0.2, 0.25) is 0 Å². The van der Waals surface area contributed by atoms with Crippen LogP contribution in [0.2, 0.25) is 0 Å². The molecule has 0 saturated heterocycles. The topological polar surface area (TPSA) is 34.9 Å². The third-order valence-corrected chi connectivity index (χ3v) is 3.81. The van der Waals surface area contributed by atoms with Crippen molar-refractivity contribution in [1.82, 2.24) is 9.55 Å². The molecule has 0 aliphatic rings. The van der Waals surface area contributed by atoms with Crippen molar-refractivity contribution in [3.8, 4) is 5.69 Å². The Morgan fingerprint density at radius 1 is 1.14 bits per heavy atom. The van der Waals surface area contributed by atoms with E-state index in [0.717, 1.165) is 22.5 Å². The third-order valence-electron chi connectivity index (χ3n) is 3.30. The normalized spacial score (nSPS) is 10.4. The molecule has 0 radical (unpaired) electrons. The molecule has 21 heavy (non-hydrogen) atoms. The number of fused-ring (bicyclic) bond motifs is 1. The van der Waals surface area contributed by atoms with Gasteiger partial charge in [0, 0.05) is 11.3 Å². The van der Waals surface area contributed by atoms with Gasteiger partial charge in [-0.1, -0.05) is 28.1 Å². The van der Waals surface area contributed by atoms with E-state index in [4.69, 9.17) is 0 Å². The maximum absolute atomic E-state index is 11.6. The van der Waals surface area contributed by atoms with Gasteiger partial charge in [0.05, 0.1) is 16.4 Å². The van der Waals surface area contributed by atoms with Crippen LogP contribution in [0.4, 0.5) is 0 Å². The molecule has 0 aliphatic heterocycles. The maximum Gasteiger partial charge on any atom is 0.173 e. The van der Waals surface area contributed by atoms with E-state index in [9.17, 15) is 4.79 Å². The molecule has 0 unspecified atom stereocenters. The number of hydrogen-bond acceptors (Lipinski definition) is 2. The highest BCUT2D eigenvalue weighted by molar-refractivity contribution is 9.09. The summed E-state index contributed by atoms with van der Waals surface area (Å²) in [5.74, 6) is 1.02. The lowest BCUT2D eigenvalue weighted by Crippen LogP contribution is -2.01. The number of Topliss-reactive ketones (excluding diaryl/α,β-unsaturated/α-hetero) is 1. The van der Waals surface area contributed by atoms with Gasteiger partial charge in [0.25, 0.3) is 0 Å². The van der Waals surface area contributed by atoms with Crippen LogP contribution in [0.15, 0.2) is 48.5 Å². The summed E-state index contributed by atoms with van der Waals surface area (Å²) in [7, 11) is 0. The van der Waals surface area contributed by atoms with Gasteiger partial charge >= 0.3 is 0 Å². The van der Waals surface area contributed by atoms with E-state index in [1.54, 1.807) is 0 Å². The van der Waals surface area contributed by atoms with Gasteiger partial charge in [0.15, 0.2) is 5.78 Å². The number of carbonyl (C=O) groups is 1. The zero-order valence-corrected chi connectivity index (χ0v) is 14.7. The van der Waals surface area contributed by atoms with Crippen LogP contribution >= 0.6 is 32.9 Å². The number of carbonyl (C=O) groups excluding carboxylic acids is 1. The number of aryl methyl sites for hydroxylation is 1. The van der Waals surface area contributed by atoms with Gasteiger partial charge < -0.3 is 0 Å². The van der Waals surface area contributed by atoms with E-state index >= 15 is 0 Å². The van der Waals surface area contributed by atoms with E-state index in [-0.39, 0.29) is 22.8 Å². The van der Waals surface area contributed by atoms with Crippen LogP contribution in [0.3, 0.4) is 0 Å². The molecule has 0 N–H and O–H groups in total. The molecule has 0 bridgehead atoms. The average Bonchev–Trinajstić information content (AvgIpc) is 2.82. The largest absolute Gasteiger partial charge is 0.297 e. The fourth-order valence-corrected chi connectivity index (χ4v) is 2.67. The minimum atomic E-state index is 0. The van der Waals surface area contributed by atoms with Crippen molar-refractivity contribution < 1.29 is 4.79 Å². The second-order valence-electron chi connectivity index (χ2n) is 4.59. The molecule has 0 aliphatic carbocycles. The number of hydrogen-bond donors (Lipinski definition) is 0. The molecule has 0 fully saturated rings. The highest BCUT2D eigenvalue weighted by atomic mass is 79.9. The van der Waals surface area contributed by atoms with Crippen LogP contribution in [0.1, 0.15) is 16.2 Å². The van der Waals surface area contributed by atoms with Crippen LogP contribution in [0.25, 0.3) is 16.7 Å². The van der Waals surface area contributed by atoms with E-state index in [1.165, 1.54) is 0 Å². The number of imidazole rings is 1. The number of rotatable bonds is 3.